The number of ether oxygens (including phenoxy) is 4. The van der Waals surface area contributed by atoms with Crippen LogP contribution in [0.1, 0.15) is 32.6 Å². The van der Waals surface area contributed by atoms with E-state index in [0.29, 0.717) is 48.2 Å². The molecule has 0 unspecified atom stereocenters. The first-order chi connectivity index (χ1) is 16.5. The normalized spacial score (nSPS) is 16.0. The van der Waals surface area contributed by atoms with Gasteiger partial charge in [0.2, 0.25) is 5.78 Å². The van der Waals surface area contributed by atoms with Crippen molar-refractivity contribution >= 4 is 23.5 Å². The number of methoxy groups -OCH3 is 2. The van der Waals surface area contributed by atoms with E-state index in [4.69, 9.17) is 30.5 Å². The lowest BCUT2D eigenvalue weighted by atomic mass is 9.99. The number of fused-ring (bicyclic) bond motifs is 2. The van der Waals surface area contributed by atoms with Gasteiger partial charge >= 0.3 is 0 Å². The van der Waals surface area contributed by atoms with Gasteiger partial charge in [0.1, 0.15) is 29.7 Å². The summed E-state index contributed by atoms with van der Waals surface area (Å²) in [5.74, 6) is 2.65. The molecular weight excluding hydrogens is 454 g/mol. The second-order valence-corrected chi connectivity index (χ2v) is 8.67. The predicted octanol–water partition coefficient (Wildman–Crippen LogP) is 5.63. The van der Waals surface area contributed by atoms with Gasteiger partial charge < -0.3 is 18.9 Å². The molecule has 0 amide bonds. The Morgan fingerprint density at radius 1 is 1.09 bits per heavy atom. The average molecular weight is 478 g/mol. The molecule has 2 aliphatic rings. The third-order valence-electron chi connectivity index (χ3n) is 6.08. The average Bonchev–Trinajstić information content (AvgIpc) is 3.16. The minimum Gasteiger partial charge on any atom is -0.497 e. The Balaban J connectivity index is 1.45. The summed E-state index contributed by atoms with van der Waals surface area (Å²) in [4.78, 5) is 15.4. The molecule has 174 valence electrons. The molecule has 0 aliphatic carbocycles. The fourth-order valence-electron chi connectivity index (χ4n) is 4.36. The predicted molar refractivity (Wildman–Crippen MR) is 130 cm³/mol. The molecule has 0 aromatic heterocycles. The van der Waals surface area contributed by atoms with Gasteiger partial charge in [-0.2, -0.15) is 0 Å². The first-order valence-electron chi connectivity index (χ1n) is 10.9. The fraction of sp³-hybridized carbons (Fsp3) is 0.222. The molecule has 0 saturated carbocycles. The zero-order valence-corrected chi connectivity index (χ0v) is 19.9. The fourth-order valence-corrected chi connectivity index (χ4v) is 4.55. The van der Waals surface area contributed by atoms with Crippen LogP contribution in [0.15, 0.2) is 54.3 Å². The summed E-state index contributed by atoms with van der Waals surface area (Å²) >= 11 is 6.34. The lowest BCUT2D eigenvalue weighted by molar-refractivity contribution is 0.0877. The smallest absolute Gasteiger partial charge is 0.231 e. The molecule has 2 aliphatic heterocycles. The number of nitrogens with zero attached hydrogens (tertiary/aromatic N) is 1. The molecule has 0 saturated heterocycles. The largest absolute Gasteiger partial charge is 0.497 e. The standard InChI is InChI=1S/C27H24ClNO5/c1-16-26-19(14-29(15-33-26)13-17-6-4-5-7-22(17)28)11-21-25(30)24(34-27(16)21)12-18-10-20(31-2)8-9-23(18)32-3/h4-12H,13-15H2,1-3H3/b24-12-. The molecule has 3 aromatic carbocycles. The summed E-state index contributed by atoms with van der Waals surface area (Å²) in [6.07, 6.45) is 1.69. The molecule has 34 heavy (non-hydrogen) atoms. The van der Waals surface area contributed by atoms with E-state index in [2.05, 4.69) is 4.90 Å². The van der Waals surface area contributed by atoms with Gasteiger partial charge in [0, 0.05) is 34.8 Å². The maximum atomic E-state index is 13.3. The van der Waals surface area contributed by atoms with Gasteiger partial charge in [0.05, 0.1) is 19.8 Å². The van der Waals surface area contributed by atoms with Crippen molar-refractivity contribution in [3.63, 3.8) is 0 Å². The molecule has 0 N–H and O–H groups in total. The van der Waals surface area contributed by atoms with Crippen LogP contribution in [-0.4, -0.2) is 31.6 Å². The van der Waals surface area contributed by atoms with Crippen molar-refractivity contribution in [1.82, 2.24) is 4.90 Å². The SMILES string of the molecule is COc1ccc(OC)c(/C=C2\Oc3c(cc4c(c3C)OCN(Cc3ccccc3Cl)C4)C2=O)c1. The molecule has 0 atom stereocenters. The second kappa shape index (κ2) is 9.05. The van der Waals surface area contributed by atoms with Crippen LogP contribution in [0.5, 0.6) is 23.0 Å². The van der Waals surface area contributed by atoms with Crippen molar-refractivity contribution in [2.75, 3.05) is 21.0 Å². The summed E-state index contributed by atoms with van der Waals surface area (Å²) in [6.45, 7) is 3.64. The lowest BCUT2D eigenvalue weighted by Gasteiger charge is -2.30. The number of benzene rings is 3. The summed E-state index contributed by atoms with van der Waals surface area (Å²) in [7, 11) is 3.18. The van der Waals surface area contributed by atoms with E-state index in [1.165, 1.54) is 0 Å². The number of halogens is 1. The van der Waals surface area contributed by atoms with E-state index in [9.17, 15) is 4.79 Å². The number of hydrogen-bond acceptors (Lipinski definition) is 6. The zero-order valence-electron chi connectivity index (χ0n) is 19.2. The maximum absolute atomic E-state index is 13.3. The highest BCUT2D eigenvalue weighted by Gasteiger charge is 2.34. The molecule has 0 bridgehead atoms. The van der Waals surface area contributed by atoms with Gasteiger partial charge in [-0.1, -0.05) is 29.8 Å². The van der Waals surface area contributed by atoms with Crippen molar-refractivity contribution in [3.8, 4) is 23.0 Å². The van der Waals surface area contributed by atoms with E-state index >= 15 is 0 Å². The van der Waals surface area contributed by atoms with Crippen molar-refractivity contribution in [3.05, 3.63) is 87.1 Å². The summed E-state index contributed by atoms with van der Waals surface area (Å²) in [5.41, 5.74) is 4.03. The van der Waals surface area contributed by atoms with E-state index < -0.39 is 0 Å². The number of allylic oxidation sites excluding steroid dienone is 1. The number of rotatable bonds is 5. The first-order valence-corrected chi connectivity index (χ1v) is 11.3. The van der Waals surface area contributed by atoms with Gasteiger partial charge in [-0.05, 0) is 48.9 Å². The van der Waals surface area contributed by atoms with Gasteiger partial charge in [0.15, 0.2) is 5.76 Å². The Morgan fingerprint density at radius 2 is 1.91 bits per heavy atom. The second-order valence-electron chi connectivity index (χ2n) is 8.27. The lowest BCUT2D eigenvalue weighted by Crippen LogP contribution is -2.32. The molecule has 5 rings (SSSR count). The minimum absolute atomic E-state index is 0.172. The summed E-state index contributed by atoms with van der Waals surface area (Å²) < 4.78 is 22.9. The topological polar surface area (TPSA) is 57.2 Å². The number of ketones is 1. The minimum atomic E-state index is -0.172. The van der Waals surface area contributed by atoms with Crippen LogP contribution < -0.4 is 18.9 Å². The first kappa shape index (κ1) is 22.3. The van der Waals surface area contributed by atoms with Crippen molar-refractivity contribution in [1.29, 1.82) is 0 Å². The van der Waals surface area contributed by atoms with Crippen LogP contribution in [-0.2, 0) is 13.1 Å². The Kier molecular flexibility index (Phi) is 5.94. The van der Waals surface area contributed by atoms with Gasteiger partial charge in [-0.25, -0.2) is 0 Å². The molecule has 7 heteroatoms. The van der Waals surface area contributed by atoms with Gasteiger partial charge in [0.25, 0.3) is 0 Å². The number of hydrogen-bond donors (Lipinski definition) is 0. The van der Waals surface area contributed by atoms with Gasteiger partial charge in [-0.15, -0.1) is 0 Å². The van der Waals surface area contributed by atoms with Crippen molar-refractivity contribution < 1.29 is 23.7 Å². The molecular formula is C27H24ClNO5. The Morgan fingerprint density at radius 3 is 2.68 bits per heavy atom. The van der Waals surface area contributed by atoms with Crippen LogP contribution in [0, 0.1) is 6.92 Å². The summed E-state index contributed by atoms with van der Waals surface area (Å²) in [5, 5.41) is 0.727. The molecule has 0 fully saturated rings. The van der Waals surface area contributed by atoms with Crippen LogP contribution in [0.4, 0.5) is 0 Å². The molecule has 3 aromatic rings. The van der Waals surface area contributed by atoms with Crippen molar-refractivity contribution in [2.24, 2.45) is 0 Å². The monoisotopic (exact) mass is 477 g/mol. The quantitative estimate of drug-likeness (QED) is 0.444. The number of carbonyl (C=O) groups excluding carboxylic acids is 1. The van der Waals surface area contributed by atoms with Gasteiger partial charge in [-0.3, -0.25) is 9.69 Å². The van der Waals surface area contributed by atoms with Crippen LogP contribution in [0.3, 0.4) is 0 Å². The molecule has 6 nitrogen and oxygen atoms in total. The van der Waals surface area contributed by atoms with E-state index in [1.807, 2.05) is 37.3 Å². The third kappa shape index (κ3) is 4.00. The Labute approximate surface area is 203 Å². The molecule has 2 heterocycles. The molecule has 0 radical (unpaired) electrons. The molecule has 0 spiro atoms. The third-order valence-corrected chi connectivity index (χ3v) is 6.45. The highest BCUT2D eigenvalue weighted by atomic mass is 35.5. The van der Waals surface area contributed by atoms with Crippen LogP contribution >= 0.6 is 11.6 Å². The van der Waals surface area contributed by atoms with Crippen LogP contribution in [0.2, 0.25) is 5.02 Å². The highest BCUT2D eigenvalue weighted by Crippen LogP contribution is 2.43. The van der Waals surface area contributed by atoms with E-state index in [1.54, 1.807) is 38.5 Å². The van der Waals surface area contributed by atoms with E-state index in [-0.39, 0.29) is 11.5 Å². The number of Topliss-reactive ketones (excluding diaryl/α,β-unsaturated/α-hetero) is 1. The maximum Gasteiger partial charge on any atom is 0.231 e. The Bertz CT molecular complexity index is 1320. The van der Waals surface area contributed by atoms with Crippen molar-refractivity contribution in [2.45, 2.75) is 20.0 Å². The Hall–Kier alpha value is -3.48. The number of carbonyl (C=O) groups is 1. The highest BCUT2D eigenvalue weighted by molar-refractivity contribution is 6.31. The zero-order chi connectivity index (χ0) is 23.8. The van der Waals surface area contributed by atoms with Crippen LogP contribution in [0.25, 0.3) is 6.08 Å². The summed E-state index contributed by atoms with van der Waals surface area (Å²) in [6, 6.07) is 15.1. The van der Waals surface area contributed by atoms with E-state index in [0.717, 1.165) is 27.5 Å².